The number of fused-ring (bicyclic) bond motifs is 1. The lowest BCUT2D eigenvalue weighted by Crippen LogP contribution is -2.14. The Labute approximate surface area is 121 Å². The highest BCUT2D eigenvalue weighted by atomic mass is 15.3. The van der Waals surface area contributed by atoms with E-state index < -0.39 is 0 Å². The lowest BCUT2D eigenvalue weighted by molar-refractivity contribution is 0.563. The summed E-state index contributed by atoms with van der Waals surface area (Å²) in [5, 5.41) is 14.4. The van der Waals surface area contributed by atoms with Crippen LogP contribution in [0.4, 0.5) is 0 Å². The van der Waals surface area contributed by atoms with E-state index >= 15 is 0 Å². The van der Waals surface area contributed by atoms with Crippen molar-refractivity contribution < 1.29 is 0 Å². The largest absolute Gasteiger partial charge is 0.313 e. The molecule has 0 atom stereocenters. The van der Waals surface area contributed by atoms with E-state index in [9.17, 15) is 0 Å². The van der Waals surface area contributed by atoms with Gasteiger partial charge in [0.15, 0.2) is 0 Å². The third kappa shape index (κ3) is 4.60. The Kier molecular flexibility index (Phi) is 6.51. The van der Waals surface area contributed by atoms with Crippen LogP contribution in [-0.2, 0) is 6.54 Å². The van der Waals surface area contributed by atoms with E-state index in [0.29, 0.717) is 0 Å². The first-order valence-corrected chi connectivity index (χ1v) is 7.91. The fourth-order valence-electron chi connectivity index (χ4n) is 2.50. The minimum absolute atomic E-state index is 0.875. The normalized spacial score (nSPS) is 11.2. The Balaban J connectivity index is 1.58. The van der Waals surface area contributed by atoms with E-state index in [1.54, 1.807) is 0 Å². The number of rotatable bonds is 10. The fraction of sp³-hybridized carbons (Fsp3) is 0.625. The predicted octanol–water partition coefficient (Wildman–Crippen LogP) is 3.80. The smallest absolute Gasteiger partial charge is 0.117 e. The van der Waals surface area contributed by atoms with Crippen molar-refractivity contribution in [2.75, 3.05) is 6.54 Å². The molecular formula is C16H26N4. The number of unbranched alkanes of at least 4 members (excludes halogenated alkanes) is 6. The first-order valence-electron chi connectivity index (χ1n) is 7.91. The molecule has 0 saturated carbocycles. The lowest BCUT2D eigenvalue weighted by atomic mass is 10.1. The molecule has 1 aromatic heterocycles. The minimum Gasteiger partial charge on any atom is -0.313 e. The molecule has 0 fully saturated rings. The van der Waals surface area contributed by atoms with Gasteiger partial charge in [0.25, 0.3) is 0 Å². The van der Waals surface area contributed by atoms with E-state index in [1.807, 2.05) is 12.1 Å². The Hall–Kier alpha value is -1.42. The second-order valence-electron chi connectivity index (χ2n) is 5.42. The van der Waals surface area contributed by atoms with E-state index in [4.69, 9.17) is 0 Å². The molecule has 0 radical (unpaired) electrons. The number of aromatic nitrogens is 3. The minimum atomic E-state index is 0.875. The van der Waals surface area contributed by atoms with Crippen molar-refractivity contribution >= 4 is 11.0 Å². The second kappa shape index (κ2) is 8.69. The molecular weight excluding hydrogens is 248 g/mol. The summed E-state index contributed by atoms with van der Waals surface area (Å²) < 4.78 is 0. The van der Waals surface area contributed by atoms with Crippen molar-refractivity contribution in [2.45, 2.75) is 58.4 Å². The van der Waals surface area contributed by atoms with Gasteiger partial charge in [0.2, 0.25) is 0 Å². The van der Waals surface area contributed by atoms with Crippen molar-refractivity contribution in [3.05, 3.63) is 23.8 Å². The van der Waals surface area contributed by atoms with Gasteiger partial charge in [-0.25, -0.2) is 0 Å². The standard InChI is InChI=1S/C16H26N4/c1-2-3-4-5-6-7-8-12-17-13-14-10-9-11-15-16(14)19-20-18-15/h9-11,17H,2-8,12-13H2,1H3,(H,18,19,20). The van der Waals surface area contributed by atoms with Gasteiger partial charge in [-0.3, -0.25) is 5.10 Å². The van der Waals surface area contributed by atoms with E-state index in [-0.39, 0.29) is 0 Å². The molecule has 2 rings (SSSR count). The zero-order valence-corrected chi connectivity index (χ0v) is 12.5. The van der Waals surface area contributed by atoms with Crippen LogP contribution in [0.5, 0.6) is 0 Å². The molecule has 0 spiro atoms. The third-order valence-electron chi connectivity index (χ3n) is 3.71. The van der Waals surface area contributed by atoms with Crippen LogP contribution in [0.2, 0.25) is 0 Å². The number of hydrogen-bond donors (Lipinski definition) is 2. The highest BCUT2D eigenvalue weighted by molar-refractivity contribution is 5.77. The number of nitrogens with zero attached hydrogens (tertiary/aromatic N) is 2. The molecule has 0 aliphatic carbocycles. The number of H-pyrrole nitrogens is 1. The van der Waals surface area contributed by atoms with Gasteiger partial charge < -0.3 is 5.32 Å². The number of benzene rings is 1. The molecule has 0 unspecified atom stereocenters. The molecule has 110 valence electrons. The van der Waals surface area contributed by atoms with Gasteiger partial charge in [-0.2, -0.15) is 0 Å². The van der Waals surface area contributed by atoms with Gasteiger partial charge in [-0.15, -0.1) is 5.10 Å². The fourth-order valence-corrected chi connectivity index (χ4v) is 2.50. The molecule has 1 heterocycles. The molecule has 4 heteroatoms. The second-order valence-corrected chi connectivity index (χ2v) is 5.42. The SMILES string of the molecule is CCCCCCCCCNCc1cccc2[nH]nnc12. The molecule has 4 nitrogen and oxygen atoms in total. The van der Waals surface area contributed by atoms with Crippen LogP contribution in [0, 0.1) is 0 Å². The van der Waals surface area contributed by atoms with Crippen molar-refractivity contribution in [1.29, 1.82) is 0 Å². The molecule has 2 N–H and O–H groups in total. The Morgan fingerprint density at radius 1 is 1.05 bits per heavy atom. The molecule has 0 bridgehead atoms. The third-order valence-corrected chi connectivity index (χ3v) is 3.71. The maximum absolute atomic E-state index is 4.13. The Bertz CT molecular complexity index is 492. The zero-order chi connectivity index (χ0) is 14.0. The van der Waals surface area contributed by atoms with E-state index in [0.717, 1.165) is 24.1 Å². The summed E-state index contributed by atoms with van der Waals surface area (Å²) in [7, 11) is 0. The van der Waals surface area contributed by atoms with Crippen LogP contribution in [0.3, 0.4) is 0 Å². The topological polar surface area (TPSA) is 53.6 Å². The van der Waals surface area contributed by atoms with Crippen molar-refractivity contribution in [1.82, 2.24) is 20.7 Å². The highest BCUT2D eigenvalue weighted by Crippen LogP contribution is 2.13. The van der Waals surface area contributed by atoms with Crippen molar-refractivity contribution in [2.24, 2.45) is 0 Å². The maximum atomic E-state index is 4.13. The first-order chi connectivity index (χ1) is 9.92. The summed E-state index contributed by atoms with van der Waals surface area (Å²) in [6.45, 7) is 4.22. The summed E-state index contributed by atoms with van der Waals surface area (Å²) in [6, 6.07) is 6.17. The van der Waals surface area contributed by atoms with Gasteiger partial charge in [0, 0.05) is 6.54 Å². The van der Waals surface area contributed by atoms with Crippen molar-refractivity contribution in [3.63, 3.8) is 0 Å². The Morgan fingerprint density at radius 2 is 1.85 bits per heavy atom. The lowest BCUT2D eigenvalue weighted by Gasteiger charge is -2.05. The van der Waals surface area contributed by atoms with Crippen molar-refractivity contribution in [3.8, 4) is 0 Å². The van der Waals surface area contributed by atoms with Gasteiger partial charge in [-0.05, 0) is 24.6 Å². The highest BCUT2D eigenvalue weighted by Gasteiger charge is 2.03. The number of hydrogen-bond acceptors (Lipinski definition) is 3. The zero-order valence-electron chi connectivity index (χ0n) is 12.5. The predicted molar refractivity (Wildman–Crippen MR) is 83.6 cm³/mol. The molecule has 0 aliphatic rings. The average Bonchev–Trinajstić information content (AvgIpc) is 2.95. The molecule has 0 aliphatic heterocycles. The van der Waals surface area contributed by atoms with Crippen LogP contribution in [0.25, 0.3) is 11.0 Å². The number of nitrogens with one attached hydrogen (secondary N) is 2. The van der Waals surface area contributed by atoms with Gasteiger partial charge >= 0.3 is 0 Å². The first kappa shape index (κ1) is 15.0. The summed E-state index contributed by atoms with van der Waals surface area (Å²) in [5.41, 5.74) is 3.22. The van der Waals surface area contributed by atoms with Crippen LogP contribution >= 0.6 is 0 Å². The Morgan fingerprint density at radius 3 is 2.70 bits per heavy atom. The maximum Gasteiger partial charge on any atom is 0.117 e. The molecule has 20 heavy (non-hydrogen) atoms. The molecule has 2 aromatic rings. The number of aromatic amines is 1. The molecule has 0 saturated heterocycles. The van der Waals surface area contributed by atoms with Crippen LogP contribution in [0.15, 0.2) is 18.2 Å². The monoisotopic (exact) mass is 274 g/mol. The molecule has 1 aromatic carbocycles. The van der Waals surface area contributed by atoms with Gasteiger partial charge in [0.05, 0.1) is 5.52 Å². The quantitative estimate of drug-likeness (QED) is 0.648. The molecule has 0 amide bonds. The summed E-state index contributed by atoms with van der Waals surface area (Å²) in [5.74, 6) is 0. The average molecular weight is 274 g/mol. The van der Waals surface area contributed by atoms with E-state index in [1.165, 1.54) is 50.5 Å². The van der Waals surface area contributed by atoms with Gasteiger partial charge in [0.1, 0.15) is 5.52 Å². The van der Waals surface area contributed by atoms with Crippen LogP contribution in [0.1, 0.15) is 57.4 Å². The summed E-state index contributed by atoms with van der Waals surface area (Å²) in [6.07, 6.45) is 9.49. The van der Waals surface area contributed by atoms with Crippen LogP contribution in [-0.4, -0.2) is 22.0 Å². The summed E-state index contributed by atoms with van der Waals surface area (Å²) >= 11 is 0. The summed E-state index contributed by atoms with van der Waals surface area (Å²) in [4.78, 5) is 0. The van der Waals surface area contributed by atoms with E-state index in [2.05, 4.69) is 33.7 Å². The van der Waals surface area contributed by atoms with Crippen LogP contribution < -0.4 is 5.32 Å². The van der Waals surface area contributed by atoms with Gasteiger partial charge in [-0.1, -0.05) is 62.8 Å².